The number of carbonyl (C=O) groups is 2. The van der Waals surface area contributed by atoms with Crippen LogP contribution in [0.5, 0.6) is 0 Å². The molecule has 1 atom stereocenters. The normalized spacial score (nSPS) is 17.2. The standard InChI is InChI=1S/C19H27ClN2O3/c1-5-8-16(22(3)9-6-7-10-22)18(23)21-17-13(2)11-14(20)12-15(17)19(24)25-4/h11-12,16H,5-10H2,1-4H3/p+1. The first-order valence-electron chi connectivity index (χ1n) is 8.86. The minimum Gasteiger partial charge on any atom is -0.465 e. The second-order valence-corrected chi connectivity index (χ2v) is 7.50. The molecule has 0 radical (unpaired) electrons. The molecule has 1 aromatic rings. The molecule has 0 spiro atoms. The number of likely N-dealkylation sites (N-methyl/N-ethyl adjacent to an activating group) is 1. The minimum atomic E-state index is -0.505. The first-order valence-corrected chi connectivity index (χ1v) is 9.23. The number of halogens is 1. The van der Waals surface area contributed by atoms with Crippen molar-refractivity contribution in [1.82, 2.24) is 0 Å². The molecule has 6 heteroatoms. The topological polar surface area (TPSA) is 55.4 Å². The number of rotatable bonds is 6. The molecule has 1 aromatic carbocycles. The van der Waals surface area contributed by atoms with Gasteiger partial charge in [0.15, 0.2) is 6.04 Å². The number of carbonyl (C=O) groups excluding carboxylic acids is 2. The second-order valence-electron chi connectivity index (χ2n) is 7.06. The predicted octanol–water partition coefficient (Wildman–Crippen LogP) is 3.78. The van der Waals surface area contributed by atoms with Gasteiger partial charge in [-0.05, 0) is 31.0 Å². The lowest BCUT2D eigenvalue weighted by Gasteiger charge is -2.37. The Bertz CT molecular complexity index is 654. The van der Waals surface area contributed by atoms with Crippen molar-refractivity contribution in [2.24, 2.45) is 0 Å². The predicted molar refractivity (Wildman–Crippen MR) is 100 cm³/mol. The van der Waals surface area contributed by atoms with Crippen LogP contribution in [-0.2, 0) is 9.53 Å². The average Bonchev–Trinajstić information content (AvgIpc) is 3.01. The quantitative estimate of drug-likeness (QED) is 0.615. The molecule has 5 nitrogen and oxygen atoms in total. The first kappa shape index (κ1) is 19.7. The second kappa shape index (κ2) is 8.19. The monoisotopic (exact) mass is 367 g/mol. The zero-order chi connectivity index (χ0) is 18.6. The molecule has 1 saturated heterocycles. The molecule has 1 amide bonds. The zero-order valence-electron chi connectivity index (χ0n) is 15.5. The van der Waals surface area contributed by atoms with Crippen LogP contribution in [-0.4, -0.2) is 49.6 Å². The van der Waals surface area contributed by atoms with Crippen molar-refractivity contribution in [2.45, 2.75) is 45.6 Å². The SMILES string of the molecule is CCCC(C(=O)Nc1c(C)cc(Cl)cc1C(=O)OC)[N+]1(C)CCCC1. The number of anilines is 1. The fourth-order valence-corrected chi connectivity index (χ4v) is 4.03. The third kappa shape index (κ3) is 4.33. The maximum absolute atomic E-state index is 13.1. The lowest BCUT2D eigenvalue weighted by atomic mass is 10.0. The van der Waals surface area contributed by atoms with E-state index in [1.54, 1.807) is 6.07 Å². The summed E-state index contributed by atoms with van der Waals surface area (Å²) in [5.41, 5.74) is 1.54. The number of aryl methyl sites for hydroxylation is 1. The van der Waals surface area contributed by atoms with Crippen molar-refractivity contribution in [3.63, 3.8) is 0 Å². The fourth-order valence-electron chi connectivity index (χ4n) is 3.76. The lowest BCUT2D eigenvalue weighted by molar-refractivity contribution is -0.913. The van der Waals surface area contributed by atoms with Crippen LogP contribution in [0.2, 0.25) is 5.02 Å². The van der Waals surface area contributed by atoms with E-state index in [9.17, 15) is 9.59 Å². The Balaban J connectivity index is 2.33. The molecule has 1 fully saturated rings. The largest absolute Gasteiger partial charge is 0.465 e. The summed E-state index contributed by atoms with van der Waals surface area (Å²) in [5, 5.41) is 3.44. The molecule has 138 valence electrons. The number of hydrogen-bond acceptors (Lipinski definition) is 3. The highest BCUT2D eigenvalue weighted by Crippen LogP contribution is 2.29. The molecule has 1 heterocycles. The molecule has 2 rings (SSSR count). The summed E-state index contributed by atoms with van der Waals surface area (Å²) in [5.74, 6) is -0.545. The Morgan fingerprint density at radius 3 is 2.52 bits per heavy atom. The maximum Gasteiger partial charge on any atom is 0.340 e. The van der Waals surface area contributed by atoms with Crippen molar-refractivity contribution in [3.05, 3.63) is 28.3 Å². The van der Waals surface area contributed by atoms with E-state index >= 15 is 0 Å². The number of nitrogens with one attached hydrogen (secondary N) is 1. The van der Waals surface area contributed by atoms with Crippen molar-refractivity contribution >= 4 is 29.2 Å². The molecule has 1 aliphatic rings. The molecule has 1 unspecified atom stereocenters. The Kier molecular flexibility index (Phi) is 6.47. The molecular formula is C19H28ClN2O3+. The summed E-state index contributed by atoms with van der Waals surface area (Å²) < 4.78 is 5.61. The fraction of sp³-hybridized carbons (Fsp3) is 0.579. The summed E-state index contributed by atoms with van der Waals surface area (Å²) in [7, 11) is 3.48. The molecular weight excluding hydrogens is 340 g/mol. The van der Waals surface area contributed by atoms with Crippen molar-refractivity contribution < 1.29 is 18.8 Å². The van der Waals surface area contributed by atoms with Crippen LogP contribution in [0.3, 0.4) is 0 Å². The van der Waals surface area contributed by atoms with Gasteiger partial charge in [0.1, 0.15) is 0 Å². The molecule has 0 saturated carbocycles. The van der Waals surface area contributed by atoms with Crippen LogP contribution in [0.25, 0.3) is 0 Å². The van der Waals surface area contributed by atoms with Gasteiger partial charge in [-0.2, -0.15) is 0 Å². The molecule has 0 aromatic heterocycles. The number of benzene rings is 1. The van der Waals surface area contributed by atoms with Crippen LogP contribution in [0, 0.1) is 6.92 Å². The van der Waals surface area contributed by atoms with E-state index in [1.165, 1.54) is 13.2 Å². The van der Waals surface area contributed by atoms with Crippen LogP contribution < -0.4 is 5.32 Å². The van der Waals surface area contributed by atoms with Crippen LogP contribution >= 0.6 is 11.6 Å². The van der Waals surface area contributed by atoms with Gasteiger partial charge < -0.3 is 14.5 Å². The number of hydrogen-bond donors (Lipinski definition) is 1. The lowest BCUT2D eigenvalue weighted by Crippen LogP contribution is -2.55. The van der Waals surface area contributed by atoms with Gasteiger partial charge in [0, 0.05) is 24.3 Å². The van der Waals surface area contributed by atoms with Crippen LogP contribution in [0.4, 0.5) is 5.69 Å². The van der Waals surface area contributed by atoms with Gasteiger partial charge in [0.25, 0.3) is 5.91 Å². The van der Waals surface area contributed by atoms with Gasteiger partial charge in [-0.3, -0.25) is 4.79 Å². The van der Waals surface area contributed by atoms with Crippen molar-refractivity contribution in [2.75, 3.05) is 32.6 Å². The number of ether oxygens (including phenoxy) is 1. The highest BCUT2D eigenvalue weighted by molar-refractivity contribution is 6.31. The minimum absolute atomic E-state index is 0.0400. The summed E-state index contributed by atoms with van der Waals surface area (Å²) in [4.78, 5) is 25.2. The number of likely N-dealkylation sites (tertiary alicyclic amines) is 1. The third-order valence-corrected chi connectivity index (χ3v) is 5.38. The smallest absolute Gasteiger partial charge is 0.340 e. The number of amides is 1. The first-order chi connectivity index (χ1) is 11.8. The van der Waals surface area contributed by atoms with E-state index in [2.05, 4.69) is 19.3 Å². The molecule has 25 heavy (non-hydrogen) atoms. The van der Waals surface area contributed by atoms with E-state index < -0.39 is 5.97 Å². The maximum atomic E-state index is 13.1. The number of esters is 1. The van der Waals surface area contributed by atoms with Gasteiger partial charge in [0.05, 0.1) is 38.5 Å². The van der Waals surface area contributed by atoms with Gasteiger partial charge in [-0.25, -0.2) is 4.79 Å². The zero-order valence-corrected chi connectivity index (χ0v) is 16.3. The van der Waals surface area contributed by atoms with E-state index in [4.69, 9.17) is 16.3 Å². The summed E-state index contributed by atoms with van der Waals surface area (Å²) >= 11 is 6.07. The molecule has 0 bridgehead atoms. The van der Waals surface area contributed by atoms with Gasteiger partial charge in [0.2, 0.25) is 0 Å². The Morgan fingerprint density at radius 2 is 1.96 bits per heavy atom. The summed E-state index contributed by atoms with van der Waals surface area (Å²) in [6.07, 6.45) is 4.06. The average molecular weight is 368 g/mol. The highest BCUT2D eigenvalue weighted by atomic mass is 35.5. The number of quaternary nitrogens is 1. The Hall–Kier alpha value is -1.59. The molecule has 1 aliphatic heterocycles. The van der Waals surface area contributed by atoms with Gasteiger partial charge >= 0.3 is 5.97 Å². The van der Waals surface area contributed by atoms with Crippen LogP contribution in [0.15, 0.2) is 12.1 Å². The molecule has 1 N–H and O–H groups in total. The van der Waals surface area contributed by atoms with E-state index in [0.29, 0.717) is 16.3 Å². The van der Waals surface area contributed by atoms with E-state index in [1.807, 2.05) is 6.92 Å². The summed E-state index contributed by atoms with van der Waals surface area (Å²) in [6.45, 7) is 5.95. The van der Waals surface area contributed by atoms with Gasteiger partial charge in [-0.15, -0.1) is 0 Å². The summed E-state index contributed by atoms with van der Waals surface area (Å²) in [6, 6.07) is 3.16. The third-order valence-electron chi connectivity index (χ3n) is 5.16. The Morgan fingerprint density at radius 1 is 1.32 bits per heavy atom. The van der Waals surface area contributed by atoms with E-state index in [0.717, 1.165) is 48.8 Å². The number of methoxy groups -OCH3 is 1. The Labute approximate surface area is 154 Å². The van der Waals surface area contributed by atoms with Crippen molar-refractivity contribution in [1.29, 1.82) is 0 Å². The van der Waals surface area contributed by atoms with Crippen LogP contribution in [0.1, 0.15) is 48.5 Å². The van der Waals surface area contributed by atoms with E-state index in [-0.39, 0.29) is 11.9 Å². The molecule has 0 aliphatic carbocycles. The van der Waals surface area contributed by atoms with Gasteiger partial charge in [-0.1, -0.05) is 18.5 Å². The van der Waals surface area contributed by atoms with Crippen molar-refractivity contribution in [3.8, 4) is 0 Å². The highest BCUT2D eigenvalue weighted by Gasteiger charge is 2.40. The number of nitrogens with zero attached hydrogens (tertiary/aromatic N) is 1.